The van der Waals surface area contributed by atoms with Crippen LogP contribution in [-0.4, -0.2) is 16.5 Å². The lowest BCUT2D eigenvalue weighted by atomic mass is 9.93. The summed E-state index contributed by atoms with van der Waals surface area (Å²) in [6.07, 6.45) is 0. The predicted molar refractivity (Wildman–Crippen MR) is 127 cm³/mol. The number of nitrogens with zero attached hydrogens (tertiary/aromatic N) is 3. The largest absolute Gasteiger partial charge is 0.397 e. The van der Waals surface area contributed by atoms with Gasteiger partial charge in [0.15, 0.2) is 5.78 Å². The third kappa shape index (κ3) is 3.74. The Bertz CT molecular complexity index is 1420. The maximum absolute atomic E-state index is 12.6. The summed E-state index contributed by atoms with van der Waals surface area (Å²) in [5.74, 6) is 0.0883. The Kier molecular flexibility index (Phi) is 5.76. The van der Waals surface area contributed by atoms with E-state index < -0.39 is 0 Å². The van der Waals surface area contributed by atoms with Gasteiger partial charge in [-0.15, -0.1) is 0 Å². The normalized spacial score (nSPS) is 10.4. The molecule has 7 heteroatoms. The molecule has 0 unspecified atom stereocenters. The highest BCUT2D eigenvalue weighted by atomic mass is 32.2. The summed E-state index contributed by atoms with van der Waals surface area (Å²) in [5, 5.41) is 20.9. The highest BCUT2D eigenvalue weighted by molar-refractivity contribution is 8.00. The number of thioether (sulfide) groups is 1. The number of pyridine rings is 1. The number of anilines is 2. The Morgan fingerprint density at radius 3 is 2.19 bits per heavy atom. The first-order valence-corrected chi connectivity index (χ1v) is 10.7. The van der Waals surface area contributed by atoms with E-state index in [2.05, 4.69) is 17.1 Å². The Balaban J connectivity index is 1.89. The number of benzene rings is 3. The van der Waals surface area contributed by atoms with Crippen LogP contribution in [0, 0.1) is 22.7 Å². The van der Waals surface area contributed by atoms with Crippen LogP contribution in [0.2, 0.25) is 0 Å². The number of hydrogen-bond donors (Lipinski definition) is 2. The molecule has 1 aromatic heterocycles. The molecule has 6 nitrogen and oxygen atoms in total. The highest BCUT2D eigenvalue weighted by Gasteiger charge is 2.21. The van der Waals surface area contributed by atoms with Crippen molar-refractivity contribution in [1.29, 1.82) is 10.5 Å². The van der Waals surface area contributed by atoms with Gasteiger partial charge in [0.1, 0.15) is 28.5 Å². The van der Waals surface area contributed by atoms with E-state index in [0.717, 1.165) is 5.56 Å². The fraction of sp³-hybridized carbons (Fsp3) is 0.0400. The molecule has 4 N–H and O–H groups in total. The van der Waals surface area contributed by atoms with Crippen molar-refractivity contribution in [2.24, 2.45) is 0 Å². The van der Waals surface area contributed by atoms with E-state index in [-0.39, 0.29) is 34.2 Å². The number of carbonyl (C=O) groups excluding carboxylic acids is 1. The Hall–Kier alpha value is -4.33. The summed E-state index contributed by atoms with van der Waals surface area (Å²) < 4.78 is 0. The summed E-state index contributed by atoms with van der Waals surface area (Å²) in [6, 6.07) is 24.3. The standard InChI is InChI=1S/C25H17N5OS/c26-12-19-17(15-7-3-1-4-8-15)11-18-20(13-27)24(29)30-25(22(18)23(19)28)32-14-21(31)16-9-5-2-6-10-16/h1-11H,14,28H2,(H2,29,30). The molecule has 0 radical (unpaired) electrons. The van der Waals surface area contributed by atoms with Crippen molar-refractivity contribution in [2.75, 3.05) is 17.2 Å². The minimum absolute atomic E-state index is 0.0535. The quantitative estimate of drug-likeness (QED) is 0.262. The van der Waals surface area contributed by atoms with Gasteiger partial charge in [-0.25, -0.2) is 4.98 Å². The van der Waals surface area contributed by atoms with Gasteiger partial charge in [0.2, 0.25) is 0 Å². The van der Waals surface area contributed by atoms with Crippen LogP contribution in [0.15, 0.2) is 71.8 Å². The molecule has 0 aliphatic carbocycles. The molecular formula is C25H17N5OS. The Labute approximate surface area is 189 Å². The van der Waals surface area contributed by atoms with E-state index in [9.17, 15) is 15.3 Å². The van der Waals surface area contributed by atoms with E-state index in [1.54, 1.807) is 30.3 Å². The molecule has 0 fully saturated rings. The van der Waals surface area contributed by atoms with Crippen LogP contribution in [-0.2, 0) is 0 Å². The van der Waals surface area contributed by atoms with Crippen LogP contribution in [0.4, 0.5) is 11.5 Å². The van der Waals surface area contributed by atoms with Gasteiger partial charge in [-0.1, -0.05) is 72.4 Å². The molecule has 0 spiro atoms. The van der Waals surface area contributed by atoms with Crippen LogP contribution >= 0.6 is 11.8 Å². The molecule has 0 amide bonds. The fourth-order valence-corrected chi connectivity index (χ4v) is 4.48. The number of nitriles is 2. The molecule has 32 heavy (non-hydrogen) atoms. The molecule has 1 heterocycles. The van der Waals surface area contributed by atoms with Crippen LogP contribution in [0.25, 0.3) is 21.9 Å². The average Bonchev–Trinajstić information content (AvgIpc) is 2.83. The van der Waals surface area contributed by atoms with E-state index in [1.807, 2.05) is 36.4 Å². The second kappa shape index (κ2) is 8.81. The number of Topliss-reactive ketones (excluding diaryl/α,β-unsaturated/α-hetero) is 1. The number of fused-ring (bicyclic) bond motifs is 1. The molecule has 154 valence electrons. The second-order valence-corrected chi connectivity index (χ2v) is 7.94. The van der Waals surface area contributed by atoms with Gasteiger partial charge < -0.3 is 11.5 Å². The molecule has 0 aliphatic heterocycles. The summed E-state index contributed by atoms with van der Waals surface area (Å²) in [7, 11) is 0. The number of carbonyl (C=O) groups is 1. The fourth-order valence-electron chi connectivity index (χ4n) is 3.52. The molecule has 0 saturated carbocycles. The van der Waals surface area contributed by atoms with E-state index in [0.29, 0.717) is 26.9 Å². The molecule has 4 aromatic rings. The Morgan fingerprint density at radius 1 is 0.938 bits per heavy atom. The zero-order valence-corrected chi connectivity index (χ0v) is 17.7. The van der Waals surface area contributed by atoms with Crippen molar-refractivity contribution in [3.63, 3.8) is 0 Å². The lowest BCUT2D eigenvalue weighted by Crippen LogP contribution is -2.06. The zero-order chi connectivity index (χ0) is 22.7. The Morgan fingerprint density at radius 2 is 1.56 bits per heavy atom. The maximum atomic E-state index is 12.6. The van der Waals surface area contributed by atoms with Crippen molar-refractivity contribution in [3.8, 4) is 23.3 Å². The smallest absolute Gasteiger partial charge is 0.173 e. The molecule has 0 atom stereocenters. The van der Waals surface area contributed by atoms with Gasteiger partial charge in [-0.2, -0.15) is 10.5 Å². The molecule has 0 saturated heterocycles. The molecule has 0 aliphatic rings. The molecule has 4 rings (SSSR count). The highest BCUT2D eigenvalue weighted by Crippen LogP contribution is 2.41. The third-order valence-corrected chi connectivity index (χ3v) is 6.05. The SMILES string of the molecule is N#Cc1c(-c2ccccc2)cc2c(C#N)c(N)nc(SCC(=O)c3ccccc3)c2c1N. The van der Waals surface area contributed by atoms with E-state index in [1.165, 1.54) is 11.8 Å². The first kappa shape index (κ1) is 20.9. The van der Waals surface area contributed by atoms with Gasteiger partial charge in [0.05, 0.1) is 17.0 Å². The van der Waals surface area contributed by atoms with Crippen LogP contribution in [0.3, 0.4) is 0 Å². The maximum Gasteiger partial charge on any atom is 0.173 e. The van der Waals surface area contributed by atoms with Gasteiger partial charge in [-0.3, -0.25) is 4.79 Å². The minimum atomic E-state index is -0.0755. The lowest BCUT2D eigenvalue weighted by molar-refractivity contribution is 0.102. The lowest BCUT2D eigenvalue weighted by Gasteiger charge is -2.15. The monoisotopic (exact) mass is 435 g/mol. The number of hydrogen-bond acceptors (Lipinski definition) is 7. The number of nitrogens with two attached hydrogens (primary N) is 2. The summed E-state index contributed by atoms with van der Waals surface area (Å²) in [6.45, 7) is 0. The average molecular weight is 436 g/mol. The zero-order valence-electron chi connectivity index (χ0n) is 16.9. The van der Waals surface area contributed by atoms with Gasteiger partial charge in [0, 0.05) is 21.9 Å². The van der Waals surface area contributed by atoms with Crippen molar-refractivity contribution in [3.05, 3.63) is 83.4 Å². The van der Waals surface area contributed by atoms with Gasteiger partial charge in [-0.05, 0) is 11.6 Å². The van der Waals surface area contributed by atoms with Crippen molar-refractivity contribution in [2.45, 2.75) is 5.03 Å². The van der Waals surface area contributed by atoms with Crippen LogP contribution in [0.1, 0.15) is 21.5 Å². The van der Waals surface area contributed by atoms with Gasteiger partial charge >= 0.3 is 0 Å². The summed E-state index contributed by atoms with van der Waals surface area (Å²) >= 11 is 1.18. The molecular weight excluding hydrogens is 418 g/mol. The number of ketones is 1. The first-order chi connectivity index (χ1) is 15.5. The summed E-state index contributed by atoms with van der Waals surface area (Å²) in [5.41, 5.74) is 15.2. The van der Waals surface area contributed by atoms with Gasteiger partial charge in [0.25, 0.3) is 0 Å². The van der Waals surface area contributed by atoms with E-state index >= 15 is 0 Å². The first-order valence-electron chi connectivity index (χ1n) is 9.67. The van der Waals surface area contributed by atoms with Crippen molar-refractivity contribution < 1.29 is 4.79 Å². The van der Waals surface area contributed by atoms with E-state index in [4.69, 9.17) is 11.5 Å². The third-order valence-electron chi connectivity index (χ3n) is 5.07. The van der Waals surface area contributed by atoms with Crippen molar-refractivity contribution in [1.82, 2.24) is 4.98 Å². The molecule has 0 bridgehead atoms. The number of aromatic nitrogens is 1. The van der Waals surface area contributed by atoms with Crippen molar-refractivity contribution >= 4 is 39.8 Å². The summed E-state index contributed by atoms with van der Waals surface area (Å²) in [4.78, 5) is 16.9. The minimum Gasteiger partial charge on any atom is -0.397 e. The number of nitrogen functional groups attached to an aromatic ring is 2. The van der Waals surface area contributed by atoms with Crippen LogP contribution < -0.4 is 11.5 Å². The van der Waals surface area contributed by atoms with Crippen LogP contribution in [0.5, 0.6) is 0 Å². The predicted octanol–water partition coefficient (Wildman–Crippen LogP) is 4.78. The topological polar surface area (TPSA) is 130 Å². The second-order valence-electron chi connectivity index (χ2n) is 6.98. The number of rotatable bonds is 5. The molecule has 3 aromatic carbocycles.